The molecule has 0 fully saturated rings. The number of hydrogen-bond acceptors (Lipinski definition) is 4. The topological polar surface area (TPSA) is 63.7 Å². The standard InChI is InChI=1S/C15H18N4O/c1-11(2)13-8-18-19(10-13)15(4-5-16)12-6-14(20-3)9-17-7-12/h6-11,15H,4H2,1-3H3. The molecular formula is C15H18N4O. The van der Waals surface area contributed by atoms with E-state index in [0.29, 0.717) is 18.1 Å². The normalized spacial score (nSPS) is 12.2. The van der Waals surface area contributed by atoms with Crippen LogP contribution in [0.1, 0.15) is 43.4 Å². The first-order chi connectivity index (χ1) is 9.65. The number of pyridine rings is 1. The molecule has 5 heteroatoms. The number of nitriles is 1. The highest BCUT2D eigenvalue weighted by molar-refractivity contribution is 5.27. The summed E-state index contributed by atoms with van der Waals surface area (Å²) >= 11 is 0. The zero-order chi connectivity index (χ0) is 14.5. The van der Waals surface area contributed by atoms with E-state index >= 15 is 0 Å². The monoisotopic (exact) mass is 270 g/mol. The lowest BCUT2D eigenvalue weighted by atomic mass is 10.1. The number of hydrogen-bond donors (Lipinski definition) is 0. The summed E-state index contributed by atoms with van der Waals surface area (Å²) in [5.41, 5.74) is 2.08. The Morgan fingerprint density at radius 1 is 1.30 bits per heavy atom. The highest BCUT2D eigenvalue weighted by Gasteiger charge is 2.16. The first-order valence-electron chi connectivity index (χ1n) is 6.55. The summed E-state index contributed by atoms with van der Waals surface area (Å²) < 4.78 is 7.02. The van der Waals surface area contributed by atoms with Crippen LogP contribution in [0.4, 0.5) is 0 Å². The first kappa shape index (κ1) is 14.1. The van der Waals surface area contributed by atoms with Crippen molar-refractivity contribution in [2.24, 2.45) is 0 Å². The fourth-order valence-corrected chi connectivity index (χ4v) is 2.00. The van der Waals surface area contributed by atoms with Gasteiger partial charge in [-0.25, -0.2) is 0 Å². The van der Waals surface area contributed by atoms with Crippen molar-refractivity contribution in [1.29, 1.82) is 5.26 Å². The third kappa shape index (κ3) is 2.97. The molecule has 2 heterocycles. The molecule has 0 aliphatic carbocycles. The largest absolute Gasteiger partial charge is 0.495 e. The summed E-state index contributed by atoms with van der Waals surface area (Å²) in [5.74, 6) is 1.09. The predicted molar refractivity (Wildman–Crippen MR) is 75.5 cm³/mol. The number of methoxy groups -OCH3 is 1. The fourth-order valence-electron chi connectivity index (χ4n) is 2.00. The van der Waals surface area contributed by atoms with E-state index in [-0.39, 0.29) is 6.04 Å². The third-order valence-electron chi connectivity index (χ3n) is 3.25. The smallest absolute Gasteiger partial charge is 0.137 e. The molecule has 104 valence electrons. The molecule has 5 nitrogen and oxygen atoms in total. The highest BCUT2D eigenvalue weighted by atomic mass is 16.5. The summed E-state index contributed by atoms with van der Waals surface area (Å²) in [6, 6.07) is 3.96. The van der Waals surface area contributed by atoms with E-state index < -0.39 is 0 Å². The van der Waals surface area contributed by atoms with Crippen molar-refractivity contribution < 1.29 is 4.74 Å². The van der Waals surface area contributed by atoms with Crippen LogP contribution in [0.2, 0.25) is 0 Å². The fraction of sp³-hybridized carbons (Fsp3) is 0.400. The minimum Gasteiger partial charge on any atom is -0.495 e. The molecular weight excluding hydrogens is 252 g/mol. The van der Waals surface area contributed by atoms with Crippen molar-refractivity contribution in [2.75, 3.05) is 7.11 Å². The summed E-state index contributed by atoms with van der Waals surface area (Å²) in [4.78, 5) is 4.15. The zero-order valence-corrected chi connectivity index (χ0v) is 11.9. The molecule has 0 saturated carbocycles. The van der Waals surface area contributed by atoms with Gasteiger partial charge >= 0.3 is 0 Å². The molecule has 0 amide bonds. The molecule has 2 aromatic rings. The molecule has 0 saturated heterocycles. The molecule has 2 rings (SSSR count). The minimum absolute atomic E-state index is 0.143. The maximum absolute atomic E-state index is 9.06. The lowest BCUT2D eigenvalue weighted by Crippen LogP contribution is -2.11. The van der Waals surface area contributed by atoms with Gasteiger partial charge in [0.15, 0.2) is 0 Å². The first-order valence-corrected chi connectivity index (χ1v) is 6.55. The van der Waals surface area contributed by atoms with E-state index in [1.54, 1.807) is 19.5 Å². The van der Waals surface area contributed by atoms with Crippen LogP contribution < -0.4 is 4.74 Å². The lowest BCUT2D eigenvalue weighted by Gasteiger charge is -2.15. The van der Waals surface area contributed by atoms with E-state index in [0.717, 1.165) is 11.1 Å². The average Bonchev–Trinajstić information content (AvgIpc) is 2.94. The molecule has 0 N–H and O–H groups in total. The number of rotatable bonds is 5. The highest BCUT2D eigenvalue weighted by Crippen LogP contribution is 2.25. The summed E-state index contributed by atoms with van der Waals surface area (Å²) in [6.07, 6.45) is 7.58. The Kier molecular flexibility index (Phi) is 4.36. The van der Waals surface area contributed by atoms with Gasteiger partial charge in [-0.1, -0.05) is 13.8 Å². The Hall–Kier alpha value is -2.35. The predicted octanol–water partition coefficient (Wildman–Crippen LogP) is 2.91. The Morgan fingerprint density at radius 3 is 2.70 bits per heavy atom. The van der Waals surface area contributed by atoms with Gasteiger partial charge in [0, 0.05) is 12.4 Å². The minimum atomic E-state index is -0.143. The average molecular weight is 270 g/mol. The molecule has 0 bridgehead atoms. The second kappa shape index (κ2) is 6.20. The zero-order valence-electron chi connectivity index (χ0n) is 11.9. The molecule has 0 radical (unpaired) electrons. The van der Waals surface area contributed by atoms with E-state index in [1.165, 1.54) is 0 Å². The lowest BCUT2D eigenvalue weighted by molar-refractivity contribution is 0.410. The molecule has 0 aromatic carbocycles. The van der Waals surface area contributed by atoms with Gasteiger partial charge in [0.25, 0.3) is 0 Å². The third-order valence-corrected chi connectivity index (χ3v) is 3.25. The maximum Gasteiger partial charge on any atom is 0.137 e. The molecule has 1 unspecified atom stereocenters. The van der Waals surface area contributed by atoms with Gasteiger partial charge < -0.3 is 4.74 Å². The molecule has 2 aromatic heterocycles. The van der Waals surface area contributed by atoms with Crippen LogP contribution >= 0.6 is 0 Å². The van der Waals surface area contributed by atoms with Crippen LogP contribution in [0, 0.1) is 11.3 Å². The maximum atomic E-state index is 9.06. The van der Waals surface area contributed by atoms with Gasteiger partial charge in [0.1, 0.15) is 5.75 Å². The van der Waals surface area contributed by atoms with Crippen molar-refractivity contribution in [1.82, 2.24) is 14.8 Å². The van der Waals surface area contributed by atoms with Gasteiger partial charge in [-0.05, 0) is 23.1 Å². The van der Waals surface area contributed by atoms with Crippen molar-refractivity contribution in [3.8, 4) is 11.8 Å². The van der Waals surface area contributed by atoms with Crippen molar-refractivity contribution >= 4 is 0 Å². The Bertz CT molecular complexity index is 612. The van der Waals surface area contributed by atoms with Crippen molar-refractivity contribution in [2.45, 2.75) is 32.2 Å². The Morgan fingerprint density at radius 2 is 2.10 bits per heavy atom. The molecule has 0 aliphatic heterocycles. The van der Waals surface area contributed by atoms with Crippen molar-refractivity contribution in [3.63, 3.8) is 0 Å². The number of nitrogens with zero attached hydrogens (tertiary/aromatic N) is 4. The molecule has 20 heavy (non-hydrogen) atoms. The van der Waals surface area contributed by atoms with Crippen LogP contribution in [0.15, 0.2) is 30.9 Å². The van der Waals surface area contributed by atoms with E-state index in [9.17, 15) is 0 Å². The Labute approximate surface area is 118 Å². The molecule has 0 spiro atoms. The van der Waals surface area contributed by atoms with E-state index in [4.69, 9.17) is 10.00 Å². The van der Waals surface area contributed by atoms with Crippen LogP contribution in [-0.4, -0.2) is 21.9 Å². The quantitative estimate of drug-likeness (QED) is 0.838. The number of aromatic nitrogens is 3. The molecule has 0 aliphatic rings. The summed E-state index contributed by atoms with van der Waals surface area (Å²) in [6.45, 7) is 4.24. The Balaban J connectivity index is 2.36. The van der Waals surface area contributed by atoms with E-state index in [1.807, 2.05) is 23.1 Å². The van der Waals surface area contributed by atoms with E-state index in [2.05, 4.69) is 30.0 Å². The van der Waals surface area contributed by atoms with Gasteiger partial charge in [-0.2, -0.15) is 10.4 Å². The SMILES string of the molecule is COc1cncc(C(CC#N)n2cc(C(C)C)cn2)c1. The van der Waals surface area contributed by atoms with Crippen LogP contribution in [0.3, 0.4) is 0 Å². The van der Waals surface area contributed by atoms with Gasteiger partial charge in [-0.15, -0.1) is 0 Å². The van der Waals surface area contributed by atoms with Gasteiger partial charge in [-0.3, -0.25) is 9.67 Å². The second-order valence-corrected chi connectivity index (χ2v) is 4.94. The van der Waals surface area contributed by atoms with Gasteiger partial charge in [0.05, 0.1) is 38.0 Å². The summed E-state index contributed by atoms with van der Waals surface area (Å²) in [7, 11) is 1.60. The van der Waals surface area contributed by atoms with Gasteiger partial charge in [0.2, 0.25) is 0 Å². The van der Waals surface area contributed by atoms with Crippen LogP contribution in [-0.2, 0) is 0 Å². The van der Waals surface area contributed by atoms with Crippen LogP contribution in [0.25, 0.3) is 0 Å². The van der Waals surface area contributed by atoms with Crippen molar-refractivity contribution in [3.05, 3.63) is 42.0 Å². The summed E-state index contributed by atoms with van der Waals surface area (Å²) in [5, 5.41) is 13.4. The second-order valence-electron chi connectivity index (χ2n) is 4.94. The van der Waals surface area contributed by atoms with Crippen LogP contribution in [0.5, 0.6) is 5.75 Å². The molecule has 1 atom stereocenters. The number of ether oxygens (including phenoxy) is 1.